The third kappa shape index (κ3) is 3.79. The molecular weight excluding hydrogens is 257 g/mol. The van der Waals surface area contributed by atoms with Crippen LogP contribution >= 0.6 is 0 Å². The lowest BCUT2D eigenvalue weighted by molar-refractivity contribution is -0.569. The molecule has 1 atom stereocenters. The highest BCUT2D eigenvalue weighted by atomic mass is 19.4. The highest BCUT2D eigenvalue weighted by Gasteiger charge is 2.38. The molecule has 0 saturated carbocycles. The zero-order valence-corrected chi connectivity index (χ0v) is 9.13. The molecule has 10 heteroatoms. The highest BCUT2D eigenvalue weighted by Crippen LogP contribution is 2.23. The van der Waals surface area contributed by atoms with E-state index in [-0.39, 0.29) is 0 Å². The minimum Gasteiger partial charge on any atom is -0.368 e. The molecule has 1 rings (SSSR count). The zero-order chi connectivity index (χ0) is 13.9. The van der Waals surface area contributed by atoms with E-state index in [0.29, 0.717) is 0 Å². The van der Waals surface area contributed by atoms with Gasteiger partial charge in [-0.2, -0.15) is 13.2 Å². The first-order valence-corrected chi connectivity index (χ1v) is 4.89. The Morgan fingerprint density at radius 2 is 1.94 bits per heavy atom. The molecule has 0 aliphatic carbocycles. The van der Waals surface area contributed by atoms with E-state index in [1.807, 2.05) is 0 Å². The normalized spacial score (nSPS) is 19.4. The van der Waals surface area contributed by atoms with Crippen molar-refractivity contribution in [3.8, 4) is 0 Å². The van der Waals surface area contributed by atoms with Gasteiger partial charge in [-0.3, -0.25) is 24.7 Å². The average molecular weight is 268 g/mol. The van der Waals surface area contributed by atoms with Crippen molar-refractivity contribution in [2.24, 2.45) is 5.73 Å². The zero-order valence-electron chi connectivity index (χ0n) is 9.13. The number of primary amides is 1. The topological polar surface area (TPSA) is 92.7 Å². The Morgan fingerprint density at radius 1 is 1.39 bits per heavy atom. The molecule has 0 aromatic rings. The molecule has 1 aliphatic rings. The molecule has 0 radical (unpaired) electrons. The van der Waals surface area contributed by atoms with Crippen molar-refractivity contribution in [1.82, 2.24) is 9.80 Å². The molecule has 18 heavy (non-hydrogen) atoms. The number of alkyl halides is 3. The van der Waals surface area contributed by atoms with Gasteiger partial charge in [0.25, 0.3) is 0 Å². The summed E-state index contributed by atoms with van der Waals surface area (Å²) < 4.78 is 36.1. The van der Waals surface area contributed by atoms with Crippen LogP contribution in [0, 0.1) is 10.1 Å². The molecule has 0 saturated heterocycles. The first-order chi connectivity index (χ1) is 8.20. The van der Waals surface area contributed by atoms with E-state index in [1.165, 1.54) is 6.20 Å². The average Bonchev–Trinajstić information content (AvgIpc) is 2.55. The second-order valence-corrected chi connectivity index (χ2v) is 3.67. The van der Waals surface area contributed by atoms with Crippen molar-refractivity contribution in [2.45, 2.75) is 18.9 Å². The molecule has 0 fully saturated rings. The largest absolute Gasteiger partial charge is 0.390 e. The van der Waals surface area contributed by atoms with Gasteiger partial charge in [0.05, 0.1) is 11.3 Å². The van der Waals surface area contributed by atoms with Crippen molar-refractivity contribution >= 4 is 5.91 Å². The summed E-state index contributed by atoms with van der Waals surface area (Å²) in [5, 5.41) is 10.8. The van der Waals surface area contributed by atoms with E-state index in [2.05, 4.69) is 0 Å². The summed E-state index contributed by atoms with van der Waals surface area (Å²) in [6.07, 6.45) is -4.78. The maximum absolute atomic E-state index is 12.0. The van der Waals surface area contributed by atoms with E-state index in [9.17, 15) is 28.1 Å². The summed E-state index contributed by atoms with van der Waals surface area (Å²) in [6.45, 7) is -0.981. The molecule has 1 aliphatic heterocycles. The first-order valence-electron chi connectivity index (χ1n) is 4.89. The SMILES string of the molecule is NC(=O)CN1C=CN(CCC(F)(F)F)C1[N+](=O)[O-]. The van der Waals surface area contributed by atoms with Crippen LogP contribution in [0.1, 0.15) is 6.42 Å². The van der Waals surface area contributed by atoms with Gasteiger partial charge in [0.2, 0.25) is 5.91 Å². The van der Waals surface area contributed by atoms with Crippen molar-refractivity contribution in [1.29, 1.82) is 0 Å². The fraction of sp³-hybridized carbons (Fsp3) is 0.625. The number of carbonyl (C=O) groups is 1. The lowest BCUT2D eigenvalue weighted by Crippen LogP contribution is -2.48. The summed E-state index contributed by atoms with van der Waals surface area (Å²) in [7, 11) is 0. The molecule has 1 unspecified atom stereocenters. The Kier molecular flexibility index (Phi) is 3.99. The molecule has 102 valence electrons. The third-order valence-electron chi connectivity index (χ3n) is 2.22. The number of hydrogen-bond acceptors (Lipinski definition) is 5. The van der Waals surface area contributed by atoms with Gasteiger partial charge in [0.15, 0.2) is 0 Å². The molecule has 2 N–H and O–H groups in total. The van der Waals surface area contributed by atoms with Crippen LogP contribution in [0.5, 0.6) is 0 Å². The Hall–Kier alpha value is -2.00. The van der Waals surface area contributed by atoms with Gasteiger partial charge in [-0.25, -0.2) is 0 Å². The molecule has 1 amide bonds. The van der Waals surface area contributed by atoms with Gasteiger partial charge in [-0.05, 0) is 0 Å². The van der Waals surface area contributed by atoms with Crippen molar-refractivity contribution < 1.29 is 22.9 Å². The van der Waals surface area contributed by atoms with E-state index >= 15 is 0 Å². The molecular formula is C8H11F3N4O3. The number of halogens is 3. The van der Waals surface area contributed by atoms with Crippen molar-refractivity contribution in [3.63, 3.8) is 0 Å². The van der Waals surface area contributed by atoms with E-state index in [4.69, 9.17) is 5.73 Å². The van der Waals surface area contributed by atoms with Crippen molar-refractivity contribution in [3.05, 3.63) is 22.5 Å². The number of amides is 1. The summed E-state index contributed by atoms with van der Waals surface area (Å²) in [5.41, 5.74) is 4.89. The number of rotatable bonds is 5. The first kappa shape index (κ1) is 14.1. The molecule has 7 nitrogen and oxygen atoms in total. The van der Waals surface area contributed by atoms with Crippen LogP contribution in [0.15, 0.2) is 12.4 Å². The number of nitrogens with zero attached hydrogens (tertiary/aromatic N) is 3. The van der Waals surface area contributed by atoms with Crippen LogP contribution in [0.2, 0.25) is 0 Å². The smallest absolute Gasteiger partial charge is 0.368 e. The number of hydrogen-bond donors (Lipinski definition) is 1. The summed E-state index contributed by atoms with van der Waals surface area (Å²) in [4.78, 5) is 22.5. The van der Waals surface area contributed by atoms with Crippen LogP contribution in [-0.4, -0.2) is 46.2 Å². The number of nitro groups is 1. The van der Waals surface area contributed by atoms with Crippen LogP contribution in [-0.2, 0) is 4.79 Å². The van der Waals surface area contributed by atoms with Gasteiger partial charge in [-0.1, -0.05) is 0 Å². The third-order valence-corrected chi connectivity index (χ3v) is 2.22. The number of carbonyl (C=O) groups excluding carboxylic acids is 1. The van der Waals surface area contributed by atoms with Gasteiger partial charge in [0.1, 0.15) is 6.54 Å². The maximum Gasteiger partial charge on any atom is 0.390 e. The highest BCUT2D eigenvalue weighted by molar-refractivity contribution is 5.76. The molecule has 0 bridgehead atoms. The predicted molar refractivity (Wildman–Crippen MR) is 53.2 cm³/mol. The second kappa shape index (κ2) is 5.10. The monoisotopic (exact) mass is 268 g/mol. The fourth-order valence-electron chi connectivity index (χ4n) is 1.52. The summed E-state index contributed by atoms with van der Waals surface area (Å²) >= 11 is 0. The van der Waals surface area contributed by atoms with Gasteiger partial charge < -0.3 is 5.73 Å². The standard InChI is InChI=1S/C8H11F3N4O3/c9-8(10,11)1-2-13-3-4-14(5-6(12)16)7(13)15(17)18/h3-4,7H,1-2,5H2,(H2,12,16). The van der Waals surface area contributed by atoms with Gasteiger partial charge >= 0.3 is 12.5 Å². The maximum atomic E-state index is 12.0. The molecule has 1 heterocycles. The lowest BCUT2D eigenvalue weighted by atomic mass is 10.4. The van der Waals surface area contributed by atoms with Crippen LogP contribution in [0.3, 0.4) is 0 Å². The van der Waals surface area contributed by atoms with E-state index in [1.54, 1.807) is 0 Å². The predicted octanol–water partition coefficient (Wildman–Crippen LogP) is 0.0732. The van der Waals surface area contributed by atoms with Crippen LogP contribution in [0.4, 0.5) is 13.2 Å². The second-order valence-electron chi connectivity index (χ2n) is 3.67. The van der Waals surface area contributed by atoms with Gasteiger partial charge in [0, 0.05) is 18.9 Å². The van der Waals surface area contributed by atoms with E-state index < -0.39 is 42.8 Å². The minimum atomic E-state index is -4.40. The molecule has 0 aromatic carbocycles. The summed E-state index contributed by atoms with van der Waals surface area (Å²) in [6, 6.07) is 0. The summed E-state index contributed by atoms with van der Waals surface area (Å²) in [5.74, 6) is -0.802. The van der Waals surface area contributed by atoms with Crippen LogP contribution in [0.25, 0.3) is 0 Å². The minimum absolute atomic E-state index is 0.426. The quantitative estimate of drug-likeness (QED) is 0.562. The Balaban J connectivity index is 2.67. The Labute approximate surface area is 99.8 Å². The van der Waals surface area contributed by atoms with Gasteiger partial charge in [-0.15, -0.1) is 0 Å². The Morgan fingerprint density at radius 3 is 2.39 bits per heavy atom. The van der Waals surface area contributed by atoms with Crippen molar-refractivity contribution in [2.75, 3.05) is 13.1 Å². The van der Waals surface area contributed by atoms with E-state index in [0.717, 1.165) is 16.0 Å². The molecule has 0 spiro atoms. The van der Waals surface area contributed by atoms with Crippen LogP contribution < -0.4 is 5.73 Å². The molecule has 0 aromatic heterocycles. The number of nitrogens with two attached hydrogens (primary N) is 1. The lowest BCUT2D eigenvalue weighted by Gasteiger charge is -2.24. The fourth-order valence-corrected chi connectivity index (χ4v) is 1.52. The Bertz CT molecular complexity index is 371.